The van der Waals surface area contributed by atoms with E-state index in [0.29, 0.717) is 6.61 Å². The highest BCUT2D eigenvalue weighted by Gasteiger charge is 2.31. The number of hydrogen-bond acceptors (Lipinski definition) is 5. The van der Waals surface area contributed by atoms with Crippen molar-refractivity contribution in [2.45, 2.75) is 45.3 Å². The minimum atomic E-state index is -0.577. The summed E-state index contributed by atoms with van der Waals surface area (Å²) in [6, 6.07) is 0. The first-order valence-electron chi connectivity index (χ1n) is 5.47. The Morgan fingerprint density at radius 2 is 2.00 bits per heavy atom. The van der Waals surface area contributed by atoms with Crippen molar-refractivity contribution in [3.8, 4) is 0 Å². The third kappa shape index (κ3) is 6.76. The molecule has 0 aliphatic carbocycles. The lowest BCUT2D eigenvalue weighted by Crippen LogP contribution is -2.30. The highest BCUT2D eigenvalue weighted by molar-refractivity contribution is 8.47. The molecular weight excluding hydrogens is 260 g/mol. The second-order valence-electron chi connectivity index (χ2n) is 3.78. The van der Waals surface area contributed by atoms with Crippen LogP contribution in [-0.4, -0.2) is 26.6 Å². The molecule has 0 aliphatic heterocycles. The van der Waals surface area contributed by atoms with Crippen molar-refractivity contribution in [3.05, 3.63) is 0 Å². The predicted octanol–water partition coefficient (Wildman–Crippen LogP) is 3.88. The summed E-state index contributed by atoms with van der Waals surface area (Å²) in [6.07, 6.45) is 2.33. The largest absolute Gasteiger partial charge is 0.465 e. The number of ether oxygens (including phenoxy) is 1. The standard InChI is InChI=1S/C11H20O2S3/c1-5-7-8-15-10(14)16-11(3,4)9(12)13-6-2/h5-8H2,1-4H3. The minimum Gasteiger partial charge on any atom is -0.465 e. The maximum absolute atomic E-state index is 11.6. The zero-order valence-corrected chi connectivity index (χ0v) is 12.8. The summed E-state index contributed by atoms with van der Waals surface area (Å²) < 4.78 is 5.25. The van der Waals surface area contributed by atoms with E-state index >= 15 is 0 Å². The van der Waals surface area contributed by atoms with Crippen LogP contribution in [0.1, 0.15) is 40.5 Å². The Hall–Kier alpha value is 0.260. The van der Waals surface area contributed by atoms with E-state index < -0.39 is 4.75 Å². The van der Waals surface area contributed by atoms with E-state index in [1.54, 1.807) is 11.8 Å². The molecule has 0 fully saturated rings. The van der Waals surface area contributed by atoms with Crippen LogP contribution in [0.3, 0.4) is 0 Å². The van der Waals surface area contributed by atoms with Gasteiger partial charge in [0.05, 0.1) is 6.61 Å². The third-order valence-corrected chi connectivity index (χ3v) is 4.60. The molecule has 0 heterocycles. The minimum absolute atomic E-state index is 0.196. The molecule has 0 aromatic carbocycles. The van der Waals surface area contributed by atoms with Crippen molar-refractivity contribution in [2.24, 2.45) is 0 Å². The molecule has 0 aliphatic rings. The normalized spacial score (nSPS) is 11.2. The van der Waals surface area contributed by atoms with Crippen LogP contribution < -0.4 is 0 Å². The van der Waals surface area contributed by atoms with Crippen molar-refractivity contribution >= 4 is 45.2 Å². The summed E-state index contributed by atoms with van der Waals surface area (Å²) >= 11 is 8.31. The number of rotatable bonds is 6. The monoisotopic (exact) mass is 280 g/mol. The van der Waals surface area contributed by atoms with Gasteiger partial charge in [-0.25, -0.2) is 0 Å². The molecule has 0 amide bonds. The number of thioether (sulfide) groups is 2. The lowest BCUT2D eigenvalue weighted by Gasteiger charge is -2.21. The average molecular weight is 280 g/mol. The highest BCUT2D eigenvalue weighted by Crippen LogP contribution is 2.32. The number of thiocarbonyl (C=S) groups is 1. The van der Waals surface area contributed by atoms with Gasteiger partial charge < -0.3 is 4.74 Å². The number of esters is 1. The second-order valence-corrected chi connectivity index (χ2v) is 7.71. The first-order valence-corrected chi connectivity index (χ1v) is 7.68. The molecule has 16 heavy (non-hydrogen) atoms. The predicted molar refractivity (Wildman–Crippen MR) is 78.3 cm³/mol. The topological polar surface area (TPSA) is 26.3 Å². The maximum atomic E-state index is 11.6. The van der Waals surface area contributed by atoms with Gasteiger partial charge in [-0.15, -0.1) is 11.8 Å². The number of unbranched alkanes of at least 4 members (excludes halogenated alkanes) is 1. The Labute approximate surface area is 112 Å². The molecule has 0 unspecified atom stereocenters. The van der Waals surface area contributed by atoms with Crippen LogP contribution in [0, 0.1) is 0 Å². The van der Waals surface area contributed by atoms with E-state index in [0.717, 1.165) is 15.7 Å². The van der Waals surface area contributed by atoms with E-state index in [2.05, 4.69) is 6.92 Å². The Bertz CT molecular complexity index is 239. The van der Waals surface area contributed by atoms with Crippen molar-refractivity contribution in [1.82, 2.24) is 0 Å². The average Bonchev–Trinajstić information content (AvgIpc) is 2.17. The van der Waals surface area contributed by atoms with Crippen molar-refractivity contribution < 1.29 is 9.53 Å². The number of carbonyl (C=O) groups is 1. The number of carbonyl (C=O) groups excluding carboxylic acids is 1. The Morgan fingerprint density at radius 3 is 2.50 bits per heavy atom. The molecule has 0 atom stereocenters. The second kappa shape index (κ2) is 8.37. The van der Waals surface area contributed by atoms with Crippen LogP contribution in [0.5, 0.6) is 0 Å². The lowest BCUT2D eigenvalue weighted by atomic mass is 10.2. The van der Waals surface area contributed by atoms with Gasteiger partial charge in [0.2, 0.25) is 0 Å². The van der Waals surface area contributed by atoms with Gasteiger partial charge in [-0.2, -0.15) is 0 Å². The van der Waals surface area contributed by atoms with Crippen LogP contribution >= 0.6 is 35.7 Å². The number of hydrogen-bond donors (Lipinski definition) is 0. The molecule has 0 rings (SSSR count). The molecule has 0 spiro atoms. The molecule has 0 saturated heterocycles. The van der Waals surface area contributed by atoms with Crippen LogP contribution in [0.15, 0.2) is 0 Å². The fourth-order valence-electron chi connectivity index (χ4n) is 0.884. The Balaban J connectivity index is 4.04. The van der Waals surface area contributed by atoms with Crippen LogP contribution in [0.4, 0.5) is 0 Å². The molecule has 0 aromatic heterocycles. The molecular formula is C11H20O2S3. The molecule has 5 heteroatoms. The first-order chi connectivity index (χ1) is 7.44. The van der Waals surface area contributed by atoms with Crippen molar-refractivity contribution in [3.63, 3.8) is 0 Å². The lowest BCUT2D eigenvalue weighted by molar-refractivity contribution is -0.145. The van der Waals surface area contributed by atoms with Crippen LogP contribution in [0.2, 0.25) is 0 Å². The van der Waals surface area contributed by atoms with Crippen LogP contribution in [0.25, 0.3) is 0 Å². The SMILES string of the molecule is CCCCSC(=S)SC(C)(C)C(=O)OCC. The molecule has 94 valence electrons. The fourth-order valence-corrected chi connectivity index (χ4v) is 4.03. The summed E-state index contributed by atoms with van der Waals surface area (Å²) in [5, 5.41) is 0. The molecule has 0 N–H and O–H groups in total. The van der Waals surface area contributed by atoms with Gasteiger partial charge in [-0.3, -0.25) is 4.79 Å². The van der Waals surface area contributed by atoms with Crippen molar-refractivity contribution in [2.75, 3.05) is 12.4 Å². The van der Waals surface area contributed by atoms with Gasteiger partial charge in [-0.05, 0) is 32.9 Å². The maximum Gasteiger partial charge on any atom is 0.322 e. The molecule has 0 saturated carbocycles. The van der Waals surface area contributed by atoms with E-state index in [4.69, 9.17) is 17.0 Å². The summed E-state index contributed by atoms with van der Waals surface area (Å²) in [5.74, 6) is 0.833. The van der Waals surface area contributed by atoms with E-state index in [1.807, 2.05) is 20.8 Å². The van der Waals surface area contributed by atoms with Gasteiger partial charge in [0, 0.05) is 0 Å². The Morgan fingerprint density at radius 1 is 1.38 bits per heavy atom. The fraction of sp³-hybridized carbons (Fsp3) is 0.818. The molecule has 0 radical (unpaired) electrons. The van der Waals surface area contributed by atoms with E-state index in [9.17, 15) is 4.79 Å². The van der Waals surface area contributed by atoms with Crippen LogP contribution in [-0.2, 0) is 9.53 Å². The molecule has 0 bridgehead atoms. The zero-order valence-electron chi connectivity index (χ0n) is 10.4. The van der Waals surface area contributed by atoms with Gasteiger partial charge in [0.15, 0.2) is 0 Å². The Kier molecular flexibility index (Phi) is 8.50. The molecule has 2 nitrogen and oxygen atoms in total. The van der Waals surface area contributed by atoms with Crippen molar-refractivity contribution in [1.29, 1.82) is 0 Å². The van der Waals surface area contributed by atoms with Gasteiger partial charge in [-0.1, -0.05) is 37.3 Å². The van der Waals surface area contributed by atoms with Gasteiger partial charge in [0.25, 0.3) is 0 Å². The zero-order chi connectivity index (χ0) is 12.6. The van der Waals surface area contributed by atoms with E-state index in [-0.39, 0.29) is 5.97 Å². The first kappa shape index (κ1) is 16.3. The summed E-state index contributed by atoms with van der Waals surface area (Å²) in [6.45, 7) is 8.08. The van der Waals surface area contributed by atoms with Gasteiger partial charge in [0.1, 0.15) is 8.28 Å². The van der Waals surface area contributed by atoms with E-state index in [1.165, 1.54) is 18.2 Å². The summed E-state index contributed by atoms with van der Waals surface area (Å²) in [5.41, 5.74) is 0. The summed E-state index contributed by atoms with van der Waals surface area (Å²) in [4.78, 5) is 11.6. The molecule has 0 aromatic rings. The quantitative estimate of drug-likeness (QED) is 0.418. The summed E-state index contributed by atoms with van der Waals surface area (Å²) in [7, 11) is 0. The van der Waals surface area contributed by atoms with Gasteiger partial charge >= 0.3 is 5.97 Å². The highest BCUT2D eigenvalue weighted by atomic mass is 32.2. The third-order valence-electron chi connectivity index (χ3n) is 1.82. The smallest absolute Gasteiger partial charge is 0.322 e.